The van der Waals surface area contributed by atoms with E-state index < -0.39 is 6.04 Å². The number of hydrogen-bond acceptors (Lipinski definition) is 5. The van der Waals surface area contributed by atoms with Crippen LogP contribution in [0.3, 0.4) is 0 Å². The lowest BCUT2D eigenvalue weighted by atomic mass is 9.91. The van der Waals surface area contributed by atoms with Gasteiger partial charge in [-0.3, -0.25) is 9.59 Å². The standard InChI is InChI=1S/C30H35N3O4/c1-18-12-23(35)13-19(2)24(18)17-26(31)30(36)32-27-10-11-33(20(3)34)29-25(27)15-22(16-28(29)37-4)14-21-8-6-5-7-9-21/h5-9,12-13,15-16,26-27,35H,10-11,14,17,31H2,1-4H3,(H,32,36)/t26-,27+/m0/s1. The van der Waals surface area contributed by atoms with Crippen LogP contribution in [0.25, 0.3) is 0 Å². The summed E-state index contributed by atoms with van der Waals surface area (Å²) >= 11 is 0. The molecule has 2 atom stereocenters. The van der Waals surface area contributed by atoms with Crippen molar-refractivity contribution in [1.82, 2.24) is 5.32 Å². The Balaban J connectivity index is 1.63. The van der Waals surface area contributed by atoms with Crippen molar-refractivity contribution in [2.24, 2.45) is 5.73 Å². The normalized spacial score (nSPS) is 15.6. The molecule has 0 spiro atoms. The highest BCUT2D eigenvalue weighted by Crippen LogP contribution is 2.42. The molecule has 1 aliphatic heterocycles. The number of phenolic OH excluding ortho intramolecular Hbond substituents is 1. The fourth-order valence-electron chi connectivity index (χ4n) is 5.21. The number of anilines is 1. The topological polar surface area (TPSA) is 105 Å². The highest BCUT2D eigenvalue weighted by molar-refractivity contribution is 5.95. The Morgan fingerprint density at radius 3 is 2.41 bits per heavy atom. The maximum absolute atomic E-state index is 13.3. The average Bonchev–Trinajstić information content (AvgIpc) is 2.86. The fourth-order valence-corrected chi connectivity index (χ4v) is 5.21. The van der Waals surface area contributed by atoms with E-state index >= 15 is 0 Å². The molecule has 0 saturated carbocycles. The zero-order valence-electron chi connectivity index (χ0n) is 21.9. The van der Waals surface area contributed by atoms with Crippen LogP contribution in [0.15, 0.2) is 54.6 Å². The smallest absolute Gasteiger partial charge is 0.237 e. The van der Waals surface area contributed by atoms with E-state index in [1.165, 1.54) is 6.92 Å². The van der Waals surface area contributed by atoms with Crippen LogP contribution in [0.1, 0.15) is 52.8 Å². The van der Waals surface area contributed by atoms with Gasteiger partial charge in [0, 0.05) is 19.0 Å². The Kier molecular flexibility index (Phi) is 7.83. The van der Waals surface area contributed by atoms with Crippen molar-refractivity contribution >= 4 is 17.5 Å². The lowest BCUT2D eigenvalue weighted by Gasteiger charge is -2.36. The largest absolute Gasteiger partial charge is 0.508 e. The van der Waals surface area contributed by atoms with Crippen LogP contribution in [0.2, 0.25) is 0 Å². The second kappa shape index (κ2) is 11.0. The molecule has 194 valence electrons. The van der Waals surface area contributed by atoms with Crippen LogP contribution in [0.5, 0.6) is 11.5 Å². The Morgan fingerprint density at radius 1 is 1.11 bits per heavy atom. The lowest BCUT2D eigenvalue weighted by molar-refractivity contribution is -0.123. The average molecular weight is 502 g/mol. The molecule has 0 aliphatic carbocycles. The van der Waals surface area contributed by atoms with Gasteiger partial charge in [-0.2, -0.15) is 0 Å². The molecular formula is C30H35N3O4. The molecule has 2 amide bonds. The van der Waals surface area contributed by atoms with Gasteiger partial charge in [-0.05, 0) is 79.1 Å². The number of carbonyl (C=O) groups excluding carboxylic acids is 2. The summed E-state index contributed by atoms with van der Waals surface area (Å²) in [5.41, 5.74) is 12.9. The molecule has 0 fully saturated rings. The summed E-state index contributed by atoms with van der Waals surface area (Å²) in [6, 6.07) is 16.5. The van der Waals surface area contributed by atoms with Gasteiger partial charge in [-0.25, -0.2) is 0 Å². The van der Waals surface area contributed by atoms with Crippen molar-refractivity contribution in [3.63, 3.8) is 0 Å². The minimum absolute atomic E-state index is 0.0740. The monoisotopic (exact) mass is 501 g/mol. The molecule has 0 unspecified atom stereocenters. The predicted octanol–water partition coefficient (Wildman–Crippen LogP) is 4.09. The van der Waals surface area contributed by atoms with Gasteiger partial charge in [0.15, 0.2) is 0 Å². The third-order valence-corrected chi connectivity index (χ3v) is 7.06. The number of hydrogen-bond donors (Lipinski definition) is 3. The molecule has 0 saturated heterocycles. The molecule has 3 aromatic carbocycles. The zero-order valence-corrected chi connectivity index (χ0v) is 21.9. The number of ether oxygens (including phenoxy) is 1. The van der Waals surface area contributed by atoms with E-state index in [4.69, 9.17) is 10.5 Å². The van der Waals surface area contributed by atoms with E-state index in [-0.39, 0.29) is 23.6 Å². The lowest BCUT2D eigenvalue weighted by Crippen LogP contribution is -2.46. The third kappa shape index (κ3) is 5.78. The molecule has 37 heavy (non-hydrogen) atoms. The minimum Gasteiger partial charge on any atom is -0.508 e. The number of nitrogens with zero attached hydrogens (tertiary/aromatic N) is 1. The van der Waals surface area contributed by atoms with Crippen molar-refractivity contribution in [1.29, 1.82) is 0 Å². The number of nitrogens with two attached hydrogens (primary N) is 1. The summed E-state index contributed by atoms with van der Waals surface area (Å²) in [4.78, 5) is 27.5. The number of carbonyl (C=O) groups is 2. The van der Waals surface area contributed by atoms with Crippen LogP contribution in [0.4, 0.5) is 5.69 Å². The van der Waals surface area contributed by atoms with Gasteiger partial charge in [0.05, 0.1) is 24.9 Å². The van der Waals surface area contributed by atoms with Crippen molar-refractivity contribution in [3.05, 3.63) is 88.0 Å². The Hall–Kier alpha value is -3.84. The summed E-state index contributed by atoms with van der Waals surface area (Å²) < 4.78 is 5.74. The van der Waals surface area contributed by atoms with E-state index in [9.17, 15) is 14.7 Å². The first-order valence-electron chi connectivity index (χ1n) is 12.6. The summed E-state index contributed by atoms with van der Waals surface area (Å²) in [6.45, 7) is 5.81. The Morgan fingerprint density at radius 2 is 1.78 bits per heavy atom. The minimum atomic E-state index is -0.759. The first-order chi connectivity index (χ1) is 17.7. The van der Waals surface area contributed by atoms with Crippen molar-refractivity contribution in [2.75, 3.05) is 18.6 Å². The highest BCUT2D eigenvalue weighted by Gasteiger charge is 2.32. The number of aryl methyl sites for hydroxylation is 2. The molecule has 4 rings (SSSR count). The van der Waals surface area contributed by atoms with Crippen LogP contribution >= 0.6 is 0 Å². The summed E-state index contributed by atoms with van der Waals surface area (Å²) in [5, 5.41) is 13.0. The van der Waals surface area contributed by atoms with Gasteiger partial charge in [0.1, 0.15) is 11.5 Å². The fraction of sp³-hybridized carbons (Fsp3) is 0.333. The van der Waals surface area contributed by atoms with Crippen molar-refractivity contribution < 1.29 is 19.4 Å². The third-order valence-electron chi connectivity index (χ3n) is 7.06. The number of fused-ring (bicyclic) bond motifs is 1. The maximum atomic E-state index is 13.3. The van der Waals surface area contributed by atoms with E-state index in [1.54, 1.807) is 24.1 Å². The van der Waals surface area contributed by atoms with Crippen molar-refractivity contribution in [2.45, 2.75) is 52.1 Å². The van der Waals surface area contributed by atoms with Crippen LogP contribution < -0.4 is 20.7 Å². The zero-order chi connectivity index (χ0) is 26.7. The van der Waals surface area contributed by atoms with Gasteiger partial charge in [0.2, 0.25) is 11.8 Å². The molecule has 0 bridgehead atoms. The quantitative estimate of drug-likeness (QED) is 0.452. The van der Waals surface area contributed by atoms with Gasteiger partial charge < -0.3 is 25.8 Å². The van der Waals surface area contributed by atoms with Crippen LogP contribution in [0, 0.1) is 13.8 Å². The number of phenols is 1. The summed E-state index contributed by atoms with van der Waals surface area (Å²) in [7, 11) is 1.60. The number of benzene rings is 3. The number of aromatic hydroxyl groups is 1. The maximum Gasteiger partial charge on any atom is 0.237 e. The predicted molar refractivity (Wildman–Crippen MR) is 145 cm³/mol. The van der Waals surface area contributed by atoms with Crippen molar-refractivity contribution in [3.8, 4) is 11.5 Å². The highest BCUT2D eigenvalue weighted by atomic mass is 16.5. The van der Waals surface area contributed by atoms with E-state index in [0.29, 0.717) is 37.2 Å². The molecule has 1 heterocycles. The molecule has 0 aromatic heterocycles. The van der Waals surface area contributed by atoms with Crippen LogP contribution in [-0.4, -0.2) is 36.6 Å². The van der Waals surface area contributed by atoms with Gasteiger partial charge in [-0.15, -0.1) is 0 Å². The van der Waals surface area contributed by atoms with Gasteiger partial charge >= 0.3 is 0 Å². The number of amides is 2. The molecule has 1 aliphatic rings. The molecule has 7 nitrogen and oxygen atoms in total. The molecule has 4 N–H and O–H groups in total. The number of nitrogens with one attached hydrogen (secondary N) is 1. The molecule has 0 radical (unpaired) electrons. The summed E-state index contributed by atoms with van der Waals surface area (Å²) in [5.74, 6) is 0.477. The van der Waals surface area contributed by atoms with E-state index in [1.807, 2.05) is 38.1 Å². The first kappa shape index (κ1) is 26.2. The van der Waals surface area contributed by atoms with Crippen LogP contribution in [-0.2, 0) is 22.4 Å². The molecule has 3 aromatic rings. The second-order valence-corrected chi connectivity index (χ2v) is 9.79. The first-order valence-corrected chi connectivity index (χ1v) is 12.6. The molecular weight excluding hydrogens is 466 g/mol. The second-order valence-electron chi connectivity index (χ2n) is 9.79. The SMILES string of the molecule is COc1cc(Cc2ccccc2)cc2c1N(C(C)=O)CC[C@H]2NC(=O)[C@@H](N)Cc1c(C)cc(O)cc1C. The van der Waals surface area contributed by atoms with E-state index in [2.05, 4.69) is 23.5 Å². The van der Waals surface area contributed by atoms with Gasteiger partial charge in [-0.1, -0.05) is 36.4 Å². The number of rotatable bonds is 7. The number of methoxy groups -OCH3 is 1. The summed E-state index contributed by atoms with van der Waals surface area (Å²) in [6.07, 6.45) is 1.63. The van der Waals surface area contributed by atoms with E-state index in [0.717, 1.165) is 33.4 Å². The Labute approximate surface area is 218 Å². The molecule has 7 heteroatoms. The Bertz CT molecular complexity index is 1280. The van der Waals surface area contributed by atoms with Gasteiger partial charge in [0.25, 0.3) is 0 Å².